The minimum absolute atomic E-state index is 0.121. The second-order valence-corrected chi connectivity index (χ2v) is 13.6. The van der Waals surface area contributed by atoms with E-state index in [0.717, 1.165) is 58.7 Å². The number of nitrogens with zero attached hydrogens (tertiary/aromatic N) is 2. The van der Waals surface area contributed by atoms with E-state index in [0.29, 0.717) is 36.1 Å². The maximum absolute atomic E-state index is 13.3. The Morgan fingerprint density at radius 2 is 1.53 bits per heavy atom. The Kier molecular flexibility index (Phi) is 7.71. The van der Waals surface area contributed by atoms with Crippen LogP contribution in [0.1, 0.15) is 65.7 Å². The molecule has 3 unspecified atom stereocenters. The molecule has 4 aromatic carbocycles. The molecule has 1 saturated carbocycles. The van der Waals surface area contributed by atoms with Crippen molar-refractivity contribution >= 4 is 5.91 Å². The number of phenolic OH excluding ortho intramolecular Hbond substituents is 1. The highest BCUT2D eigenvalue weighted by Crippen LogP contribution is 2.52. The Hall–Kier alpha value is -4.40. The van der Waals surface area contributed by atoms with Crippen LogP contribution in [-0.4, -0.2) is 41.6 Å². The predicted octanol–water partition coefficient (Wildman–Crippen LogP) is 7.50. The van der Waals surface area contributed by atoms with E-state index < -0.39 is 0 Å². The van der Waals surface area contributed by atoms with Crippen molar-refractivity contribution in [2.75, 3.05) is 19.6 Å². The van der Waals surface area contributed by atoms with E-state index in [1.165, 1.54) is 24.9 Å². The Bertz CT molecular complexity index is 1750. The van der Waals surface area contributed by atoms with Gasteiger partial charge in [-0.15, -0.1) is 0 Å². The topological polar surface area (TPSA) is 76.4 Å². The summed E-state index contributed by atoms with van der Waals surface area (Å²) in [6, 6.07) is 31.1. The third kappa shape index (κ3) is 5.64. The predicted molar refractivity (Wildman–Crippen MR) is 179 cm³/mol. The number of amides is 1. The summed E-state index contributed by atoms with van der Waals surface area (Å²) in [4.78, 5) is 16.0. The van der Waals surface area contributed by atoms with Gasteiger partial charge < -0.3 is 10.4 Å². The fraction of sp³-hybridized carbons (Fsp3) is 0.350. The van der Waals surface area contributed by atoms with Crippen LogP contribution in [0.15, 0.2) is 84.9 Å². The van der Waals surface area contributed by atoms with Crippen molar-refractivity contribution in [3.63, 3.8) is 0 Å². The van der Waals surface area contributed by atoms with Gasteiger partial charge in [0.05, 0.1) is 17.2 Å². The van der Waals surface area contributed by atoms with E-state index in [-0.39, 0.29) is 17.1 Å². The zero-order chi connectivity index (χ0) is 31.1. The molecule has 1 aliphatic heterocycles. The molecule has 0 aromatic heterocycles. The number of rotatable bonds is 8. The molecule has 2 aliphatic carbocycles. The number of likely N-dealkylation sites (tertiary alicyclic amines) is 1. The molecule has 0 spiro atoms. The van der Waals surface area contributed by atoms with Crippen molar-refractivity contribution in [3.8, 4) is 34.1 Å². The molecule has 2 N–H and O–H groups in total. The monoisotopic (exact) mass is 595 g/mol. The van der Waals surface area contributed by atoms with Crippen LogP contribution >= 0.6 is 0 Å². The third-order valence-corrected chi connectivity index (χ3v) is 10.9. The molecule has 7 rings (SSSR count). The van der Waals surface area contributed by atoms with Gasteiger partial charge >= 0.3 is 0 Å². The van der Waals surface area contributed by atoms with Crippen molar-refractivity contribution in [1.29, 1.82) is 5.26 Å². The standard InChI is InChI=1S/C40H41N3O2/c1-26-36-23-34-17-18-35(38(44)37(34)40(26,2)20-22-43(36)25-29-3-4-29)39(45)42-21-19-27-5-9-30(10-6-27)32-13-15-33(16-14-32)31-11-7-28(24-41)8-12-31/h5-18,26,29,36,44H,3-4,19-23,25H2,1-2H3,(H,42,45). The van der Waals surface area contributed by atoms with E-state index >= 15 is 0 Å². The van der Waals surface area contributed by atoms with Gasteiger partial charge in [0.25, 0.3) is 5.91 Å². The van der Waals surface area contributed by atoms with Crippen LogP contribution in [0.5, 0.6) is 5.75 Å². The first kappa shape index (κ1) is 29.3. The highest BCUT2D eigenvalue weighted by atomic mass is 16.3. The van der Waals surface area contributed by atoms with Crippen molar-refractivity contribution in [2.24, 2.45) is 11.8 Å². The smallest absolute Gasteiger partial charge is 0.255 e. The zero-order valence-electron chi connectivity index (χ0n) is 26.2. The van der Waals surface area contributed by atoms with Crippen LogP contribution in [0.4, 0.5) is 0 Å². The second-order valence-electron chi connectivity index (χ2n) is 13.6. The summed E-state index contributed by atoms with van der Waals surface area (Å²) in [7, 11) is 0. The van der Waals surface area contributed by atoms with E-state index in [9.17, 15) is 9.90 Å². The van der Waals surface area contributed by atoms with Crippen molar-refractivity contribution in [3.05, 3.63) is 113 Å². The summed E-state index contributed by atoms with van der Waals surface area (Å²) in [5.74, 6) is 1.28. The minimum atomic E-state index is -0.209. The number of hydrogen-bond acceptors (Lipinski definition) is 4. The summed E-state index contributed by atoms with van der Waals surface area (Å²) >= 11 is 0. The van der Waals surface area contributed by atoms with Gasteiger partial charge in [0.15, 0.2) is 0 Å². The molecule has 4 aromatic rings. The molecule has 3 atom stereocenters. The third-order valence-electron chi connectivity index (χ3n) is 10.9. The maximum Gasteiger partial charge on any atom is 0.255 e. The van der Waals surface area contributed by atoms with Gasteiger partial charge in [-0.2, -0.15) is 5.26 Å². The average molecular weight is 596 g/mol. The molecule has 1 amide bonds. The van der Waals surface area contributed by atoms with Gasteiger partial charge in [0.2, 0.25) is 0 Å². The Morgan fingerprint density at radius 1 is 0.933 bits per heavy atom. The molecule has 5 heteroatoms. The quantitative estimate of drug-likeness (QED) is 0.221. The first-order chi connectivity index (χ1) is 21.8. The average Bonchev–Trinajstić information content (AvgIpc) is 3.89. The van der Waals surface area contributed by atoms with Crippen LogP contribution < -0.4 is 5.32 Å². The maximum atomic E-state index is 13.3. The summed E-state index contributed by atoms with van der Waals surface area (Å²) in [6.45, 7) is 7.42. The van der Waals surface area contributed by atoms with Crippen molar-refractivity contribution < 1.29 is 9.90 Å². The molecule has 0 radical (unpaired) electrons. The number of piperidine rings is 1. The van der Waals surface area contributed by atoms with Crippen molar-refractivity contribution in [2.45, 2.75) is 57.4 Å². The fourth-order valence-corrected chi connectivity index (χ4v) is 7.75. The van der Waals surface area contributed by atoms with Crippen LogP contribution in [0, 0.1) is 23.2 Å². The fourth-order valence-electron chi connectivity index (χ4n) is 7.75. The van der Waals surface area contributed by atoms with Gasteiger partial charge in [0.1, 0.15) is 5.75 Å². The van der Waals surface area contributed by atoms with Gasteiger partial charge in [-0.05, 0) is 102 Å². The number of carbonyl (C=O) groups excluding carboxylic acids is 1. The summed E-state index contributed by atoms with van der Waals surface area (Å²) in [5, 5.41) is 23.6. The summed E-state index contributed by atoms with van der Waals surface area (Å²) < 4.78 is 0. The molecule has 2 bridgehead atoms. The van der Waals surface area contributed by atoms with E-state index in [4.69, 9.17) is 5.26 Å². The Labute approximate surface area is 266 Å². The summed E-state index contributed by atoms with van der Waals surface area (Å²) in [6.07, 6.45) is 5.41. The lowest BCUT2D eigenvalue weighted by Gasteiger charge is -2.55. The van der Waals surface area contributed by atoms with Crippen LogP contribution in [-0.2, 0) is 18.3 Å². The zero-order valence-corrected chi connectivity index (χ0v) is 26.2. The van der Waals surface area contributed by atoms with Crippen molar-refractivity contribution in [1.82, 2.24) is 10.2 Å². The highest BCUT2D eigenvalue weighted by molar-refractivity contribution is 5.97. The number of aromatic hydroxyl groups is 1. The Balaban J connectivity index is 0.975. The largest absolute Gasteiger partial charge is 0.507 e. The van der Waals surface area contributed by atoms with Gasteiger partial charge in [-0.3, -0.25) is 9.69 Å². The molecular weight excluding hydrogens is 554 g/mol. The first-order valence-corrected chi connectivity index (χ1v) is 16.4. The Morgan fingerprint density at radius 3 is 2.13 bits per heavy atom. The number of carbonyl (C=O) groups is 1. The van der Waals surface area contributed by atoms with E-state index in [2.05, 4.69) is 84.7 Å². The first-order valence-electron chi connectivity index (χ1n) is 16.4. The molecule has 5 nitrogen and oxygen atoms in total. The van der Waals surface area contributed by atoms with Crippen LogP contribution in [0.25, 0.3) is 22.3 Å². The minimum Gasteiger partial charge on any atom is -0.507 e. The summed E-state index contributed by atoms with van der Waals surface area (Å²) in [5.41, 5.74) is 8.76. The number of nitriles is 1. The lowest BCUT2D eigenvalue weighted by Crippen LogP contribution is -2.58. The molecular formula is C40H41N3O2. The lowest BCUT2D eigenvalue weighted by atomic mass is 9.58. The molecule has 45 heavy (non-hydrogen) atoms. The number of phenols is 1. The van der Waals surface area contributed by atoms with Gasteiger partial charge in [0, 0.05) is 30.1 Å². The SMILES string of the molecule is CC1C2Cc3ccc(C(=O)NCCc4ccc(-c5ccc(-c6ccc(C#N)cc6)cc5)cc4)c(O)c3C1(C)CCN2CC1CC1. The molecule has 1 heterocycles. The molecule has 2 fully saturated rings. The lowest BCUT2D eigenvalue weighted by molar-refractivity contribution is 0.0271. The number of benzene rings is 4. The molecule has 1 saturated heterocycles. The highest BCUT2D eigenvalue weighted by Gasteiger charge is 2.50. The van der Waals surface area contributed by atoms with Crippen LogP contribution in [0.3, 0.4) is 0 Å². The number of nitrogens with one attached hydrogen (secondary N) is 1. The van der Waals surface area contributed by atoms with E-state index in [1.54, 1.807) is 0 Å². The van der Waals surface area contributed by atoms with Gasteiger partial charge in [-0.25, -0.2) is 0 Å². The van der Waals surface area contributed by atoms with E-state index in [1.807, 2.05) is 30.3 Å². The molecule has 3 aliphatic rings. The number of fused-ring (bicyclic) bond motifs is 4. The normalized spacial score (nSPS) is 22.3. The molecule has 228 valence electrons. The second kappa shape index (κ2) is 11.8. The van der Waals surface area contributed by atoms with Crippen LogP contribution in [0.2, 0.25) is 0 Å². The van der Waals surface area contributed by atoms with Gasteiger partial charge in [-0.1, -0.05) is 80.6 Å². The number of hydrogen-bond donors (Lipinski definition) is 2.